The van der Waals surface area contributed by atoms with Gasteiger partial charge < -0.3 is 35.5 Å². The van der Waals surface area contributed by atoms with Gasteiger partial charge in [-0.25, -0.2) is 9.59 Å². The minimum atomic E-state index is -2.27. The molecule has 6 N–H and O–H groups in total. The highest BCUT2D eigenvalue weighted by molar-refractivity contribution is 9.10. The molecule has 5 bridgehead atoms. The summed E-state index contributed by atoms with van der Waals surface area (Å²) >= 11 is 3.65. The normalized spacial score (nSPS) is 43.2. The fourth-order valence-electron chi connectivity index (χ4n) is 8.16. The standard InChI is InChI=1S/C20H25BrN2O2.C4H6O6/c1-3-10-11-7-14-17-20(12-6-9(21)4-5-13(12)22(17)2)8-15(16(11)18(20)24)23(14)19(10)25;5-1(3(7)8)2(6)4(9)10/h4-6,10-11,14-19,24-25H,3,7-8H2,1-2H3;1-2,5-6H,(H,7,8)(H,9,10)/t10-,11?,14-,15-,16?,17-,18?,19+,20?;1-,2-/m01/s1. The Morgan fingerprint density at radius 1 is 1.14 bits per heavy atom. The van der Waals surface area contributed by atoms with Gasteiger partial charge in [0.15, 0.2) is 12.2 Å². The smallest absolute Gasteiger partial charge is 0.335 e. The lowest BCUT2D eigenvalue weighted by Gasteiger charge is -2.62. The van der Waals surface area contributed by atoms with Crippen molar-refractivity contribution in [2.24, 2.45) is 17.8 Å². The molecule has 7 rings (SSSR count). The van der Waals surface area contributed by atoms with Crippen molar-refractivity contribution in [1.29, 1.82) is 0 Å². The molecule has 11 heteroatoms. The molecular weight excluding hydrogens is 524 g/mol. The Morgan fingerprint density at radius 3 is 2.34 bits per heavy atom. The Bertz CT molecular complexity index is 1040. The van der Waals surface area contributed by atoms with Gasteiger partial charge >= 0.3 is 11.9 Å². The van der Waals surface area contributed by atoms with E-state index in [1.165, 1.54) is 11.3 Å². The molecule has 5 unspecified atom stereocenters. The van der Waals surface area contributed by atoms with Crippen molar-refractivity contribution in [2.75, 3.05) is 11.9 Å². The maximum atomic E-state index is 11.7. The van der Waals surface area contributed by atoms with Crippen LogP contribution in [0.15, 0.2) is 22.7 Å². The molecule has 1 spiro atoms. The van der Waals surface area contributed by atoms with Crippen molar-refractivity contribution in [2.45, 2.75) is 74.3 Å². The third-order valence-corrected chi connectivity index (χ3v) is 9.82. The highest BCUT2D eigenvalue weighted by atomic mass is 79.9. The Hall–Kier alpha value is -1.76. The van der Waals surface area contributed by atoms with Gasteiger partial charge in [0, 0.05) is 46.5 Å². The van der Waals surface area contributed by atoms with E-state index in [1.54, 1.807) is 0 Å². The molecule has 1 aliphatic carbocycles. The fourth-order valence-corrected chi connectivity index (χ4v) is 8.53. The van der Waals surface area contributed by atoms with Crippen LogP contribution in [0, 0.1) is 17.8 Å². The number of carboxylic acid groups (broad SMARTS) is 2. The van der Waals surface area contributed by atoms with Crippen LogP contribution in [0.1, 0.15) is 31.7 Å². The van der Waals surface area contributed by atoms with Gasteiger partial charge in [0.2, 0.25) is 0 Å². The van der Waals surface area contributed by atoms with Crippen LogP contribution in [0.2, 0.25) is 0 Å². The number of anilines is 1. The molecule has 0 aromatic heterocycles. The second kappa shape index (κ2) is 8.39. The number of nitrogens with zero attached hydrogens (tertiary/aromatic N) is 2. The molecule has 192 valence electrons. The van der Waals surface area contributed by atoms with E-state index >= 15 is 0 Å². The van der Waals surface area contributed by atoms with Gasteiger partial charge in [0.05, 0.1) is 12.1 Å². The molecule has 5 heterocycles. The number of halogens is 1. The van der Waals surface area contributed by atoms with Crippen molar-refractivity contribution >= 4 is 33.6 Å². The lowest BCUT2D eigenvalue weighted by Crippen LogP contribution is -2.72. The summed E-state index contributed by atoms with van der Waals surface area (Å²) in [5.74, 6) is -2.45. The average Bonchev–Trinajstić information content (AvgIpc) is 3.19. The minimum Gasteiger partial charge on any atom is -0.479 e. The third-order valence-electron chi connectivity index (χ3n) is 9.32. The quantitative estimate of drug-likeness (QED) is 0.303. The number of aliphatic hydroxyl groups is 4. The molecular formula is C24H31BrN2O8. The van der Waals surface area contributed by atoms with Gasteiger partial charge in [-0.3, -0.25) is 4.90 Å². The van der Waals surface area contributed by atoms with Crippen molar-refractivity contribution in [3.05, 3.63) is 28.2 Å². The van der Waals surface area contributed by atoms with Crippen molar-refractivity contribution in [3.63, 3.8) is 0 Å². The summed E-state index contributed by atoms with van der Waals surface area (Å²) in [5.41, 5.74) is 2.42. The summed E-state index contributed by atoms with van der Waals surface area (Å²) in [6.45, 7) is 2.19. The molecule has 0 radical (unpaired) electrons. The maximum Gasteiger partial charge on any atom is 0.335 e. The van der Waals surface area contributed by atoms with Crippen LogP contribution in [0.5, 0.6) is 0 Å². The Balaban J connectivity index is 0.000000218. The van der Waals surface area contributed by atoms with E-state index in [0.29, 0.717) is 29.8 Å². The summed E-state index contributed by atoms with van der Waals surface area (Å²) in [7, 11) is 2.18. The first-order chi connectivity index (χ1) is 16.5. The molecule has 1 aromatic carbocycles. The summed E-state index contributed by atoms with van der Waals surface area (Å²) in [6, 6.07) is 7.50. The number of hydrogen-bond donors (Lipinski definition) is 6. The average molecular weight is 555 g/mol. The molecule has 1 saturated carbocycles. The van der Waals surface area contributed by atoms with E-state index < -0.39 is 24.1 Å². The summed E-state index contributed by atoms with van der Waals surface area (Å²) < 4.78 is 1.10. The van der Waals surface area contributed by atoms with E-state index in [4.69, 9.17) is 20.4 Å². The van der Waals surface area contributed by atoms with Gasteiger partial charge in [-0.15, -0.1) is 0 Å². The SMILES string of the molecule is CC[C@H]1C2C[C@H]3[C@@H]4N(C)c5ccc(Br)cc5C45C[C@@H](C2C5O)N3[C@@H]1O.O=C(O)[C@H](O)[C@@H](O)C(=O)O. The second-order valence-electron chi connectivity index (χ2n) is 10.5. The Labute approximate surface area is 210 Å². The van der Waals surface area contributed by atoms with E-state index in [-0.39, 0.29) is 23.8 Å². The van der Waals surface area contributed by atoms with Gasteiger partial charge in [-0.2, -0.15) is 0 Å². The van der Waals surface area contributed by atoms with Gasteiger partial charge in [0.25, 0.3) is 0 Å². The number of hydrogen-bond acceptors (Lipinski definition) is 8. The predicted molar refractivity (Wildman–Crippen MR) is 127 cm³/mol. The molecule has 4 saturated heterocycles. The van der Waals surface area contributed by atoms with Crippen LogP contribution in [0.4, 0.5) is 5.69 Å². The lowest BCUT2D eigenvalue weighted by atomic mass is 9.62. The number of likely N-dealkylation sites (N-methyl/N-ethyl adjacent to an activating group) is 1. The van der Waals surface area contributed by atoms with Crippen LogP contribution in [-0.4, -0.2) is 97.2 Å². The van der Waals surface area contributed by atoms with E-state index in [1.807, 2.05) is 0 Å². The number of benzene rings is 1. The fraction of sp³-hybridized carbons (Fsp3) is 0.667. The molecule has 10 nitrogen and oxygen atoms in total. The van der Waals surface area contributed by atoms with Crippen molar-refractivity contribution in [1.82, 2.24) is 4.90 Å². The Kier molecular flexibility index (Phi) is 5.97. The number of carboxylic acids is 2. The van der Waals surface area contributed by atoms with Crippen molar-refractivity contribution < 1.29 is 40.2 Å². The van der Waals surface area contributed by atoms with Crippen LogP contribution in [0.3, 0.4) is 0 Å². The second-order valence-corrected chi connectivity index (χ2v) is 11.4. The highest BCUT2D eigenvalue weighted by Crippen LogP contribution is 2.69. The number of aliphatic hydroxyl groups excluding tert-OH is 4. The molecule has 12 atom stereocenters. The largest absolute Gasteiger partial charge is 0.479 e. The number of piperidine rings is 4. The Morgan fingerprint density at radius 2 is 1.77 bits per heavy atom. The van der Waals surface area contributed by atoms with Gasteiger partial charge in [-0.1, -0.05) is 22.9 Å². The van der Waals surface area contributed by atoms with E-state index in [0.717, 1.165) is 23.7 Å². The zero-order valence-electron chi connectivity index (χ0n) is 19.4. The molecule has 5 aliphatic heterocycles. The molecule has 0 amide bonds. The topological polar surface area (TPSA) is 162 Å². The monoisotopic (exact) mass is 554 g/mol. The number of carbonyl (C=O) groups is 2. The van der Waals surface area contributed by atoms with Crippen molar-refractivity contribution in [3.8, 4) is 0 Å². The number of rotatable bonds is 4. The molecule has 6 aliphatic rings. The first-order valence-electron chi connectivity index (χ1n) is 12.0. The first-order valence-corrected chi connectivity index (χ1v) is 12.7. The molecule has 35 heavy (non-hydrogen) atoms. The van der Waals surface area contributed by atoms with Gasteiger partial charge in [-0.05, 0) is 48.9 Å². The van der Waals surface area contributed by atoms with E-state index in [9.17, 15) is 19.8 Å². The zero-order chi connectivity index (χ0) is 25.6. The summed E-state index contributed by atoms with van der Waals surface area (Å²) in [5, 5.41) is 55.3. The summed E-state index contributed by atoms with van der Waals surface area (Å²) in [4.78, 5) is 24.4. The lowest BCUT2D eigenvalue weighted by molar-refractivity contribution is -0.211. The third kappa shape index (κ3) is 3.18. The number of aliphatic carboxylic acids is 2. The van der Waals surface area contributed by atoms with Crippen LogP contribution in [0.25, 0.3) is 0 Å². The first kappa shape index (κ1) is 24.9. The van der Waals surface area contributed by atoms with Crippen LogP contribution in [-0.2, 0) is 15.0 Å². The zero-order valence-corrected chi connectivity index (χ0v) is 21.0. The molecule has 5 fully saturated rings. The summed E-state index contributed by atoms with van der Waals surface area (Å²) in [6.07, 6.45) is -2.06. The van der Waals surface area contributed by atoms with Crippen LogP contribution < -0.4 is 4.90 Å². The highest BCUT2D eigenvalue weighted by Gasteiger charge is 2.76. The number of fused-ring (bicyclic) bond motifs is 2. The van der Waals surface area contributed by atoms with E-state index in [2.05, 4.69) is 57.9 Å². The maximum absolute atomic E-state index is 11.7. The van der Waals surface area contributed by atoms with Gasteiger partial charge in [0.1, 0.15) is 6.23 Å². The minimum absolute atomic E-state index is 0.165. The molecule has 1 aromatic rings. The van der Waals surface area contributed by atoms with Crippen LogP contribution >= 0.6 is 15.9 Å². The predicted octanol–water partition coefficient (Wildman–Crippen LogP) is 0.194.